The first-order chi connectivity index (χ1) is 11.7. The van der Waals surface area contributed by atoms with Crippen molar-refractivity contribution >= 4 is 6.03 Å². The molecule has 1 saturated carbocycles. The SMILES string of the molecule is O=C(NCCCc1ccc(O)cc1)NC1CCOC2(CCCC2)C1. The molecule has 1 aliphatic heterocycles. The van der Waals surface area contributed by atoms with Crippen molar-refractivity contribution in [2.75, 3.05) is 13.2 Å². The molecule has 5 nitrogen and oxygen atoms in total. The predicted octanol–water partition coefficient (Wildman–Crippen LogP) is 3.12. The number of aryl methyl sites for hydroxylation is 1. The van der Waals surface area contributed by atoms with E-state index in [-0.39, 0.29) is 23.4 Å². The molecule has 1 unspecified atom stereocenters. The topological polar surface area (TPSA) is 70.6 Å². The summed E-state index contributed by atoms with van der Waals surface area (Å²) in [5.41, 5.74) is 1.21. The van der Waals surface area contributed by atoms with Gasteiger partial charge in [-0.05, 0) is 56.2 Å². The lowest BCUT2D eigenvalue weighted by Crippen LogP contribution is -2.50. The third kappa shape index (κ3) is 4.63. The number of hydrogen-bond acceptors (Lipinski definition) is 3. The molecule has 3 rings (SSSR count). The van der Waals surface area contributed by atoms with Crippen LogP contribution in [0.1, 0.15) is 50.5 Å². The molecule has 1 aromatic carbocycles. The molecule has 1 spiro atoms. The van der Waals surface area contributed by atoms with Crippen molar-refractivity contribution in [3.8, 4) is 5.75 Å². The fourth-order valence-corrected chi connectivity index (χ4v) is 3.91. The number of amides is 2. The summed E-state index contributed by atoms with van der Waals surface area (Å²) in [4.78, 5) is 12.1. The van der Waals surface area contributed by atoms with Gasteiger partial charge >= 0.3 is 6.03 Å². The van der Waals surface area contributed by atoms with Crippen molar-refractivity contribution in [3.63, 3.8) is 0 Å². The number of ether oxygens (including phenoxy) is 1. The number of carbonyl (C=O) groups excluding carboxylic acids is 1. The maximum absolute atomic E-state index is 12.1. The number of hydrogen-bond donors (Lipinski definition) is 3. The Hall–Kier alpha value is -1.75. The van der Waals surface area contributed by atoms with Gasteiger partial charge in [0.25, 0.3) is 0 Å². The second-order valence-corrected chi connectivity index (χ2v) is 7.10. The van der Waals surface area contributed by atoms with E-state index in [4.69, 9.17) is 4.74 Å². The number of aromatic hydroxyl groups is 1. The first-order valence-corrected chi connectivity index (χ1v) is 9.11. The Labute approximate surface area is 143 Å². The molecule has 1 atom stereocenters. The van der Waals surface area contributed by atoms with E-state index in [9.17, 15) is 9.90 Å². The van der Waals surface area contributed by atoms with Gasteiger partial charge in [0.2, 0.25) is 0 Å². The summed E-state index contributed by atoms with van der Waals surface area (Å²) < 4.78 is 6.00. The van der Waals surface area contributed by atoms with Crippen molar-refractivity contribution in [2.45, 2.75) is 63.0 Å². The summed E-state index contributed by atoms with van der Waals surface area (Å²) in [7, 11) is 0. The molecule has 0 bridgehead atoms. The predicted molar refractivity (Wildman–Crippen MR) is 93.1 cm³/mol. The van der Waals surface area contributed by atoms with E-state index >= 15 is 0 Å². The number of urea groups is 1. The molecule has 5 heteroatoms. The summed E-state index contributed by atoms with van der Waals surface area (Å²) in [6, 6.07) is 7.38. The molecule has 1 saturated heterocycles. The Morgan fingerprint density at radius 3 is 2.75 bits per heavy atom. The van der Waals surface area contributed by atoms with Crippen molar-refractivity contribution < 1.29 is 14.6 Å². The monoisotopic (exact) mass is 332 g/mol. The van der Waals surface area contributed by atoms with Crippen LogP contribution in [0.5, 0.6) is 5.75 Å². The first kappa shape index (κ1) is 17.1. The van der Waals surface area contributed by atoms with Crippen LogP contribution in [-0.4, -0.2) is 35.9 Å². The normalized spacial score (nSPS) is 22.4. The van der Waals surface area contributed by atoms with Crippen LogP contribution in [0.4, 0.5) is 4.79 Å². The van der Waals surface area contributed by atoms with E-state index in [1.165, 1.54) is 18.4 Å². The van der Waals surface area contributed by atoms with Crippen molar-refractivity contribution in [2.24, 2.45) is 0 Å². The quantitative estimate of drug-likeness (QED) is 0.726. The van der Waals surface area contributed by atoms with Gasteiger partial charge in [-0.15, -0.1) is 0 Å². The minimum atomic E-state index is -0.0687. The molecule has 0 aromatic heterocycles. The third-order valence-electron chi connectivity index (χ3n) is 5.21. The van der Waals surface area contributed by atoms with Gasteiger partial charge in [-0.2, -0.15) is 0 Å². The standard InChI is InChI=1S/C19H28N2O3/c22-17-7-5-15(6-8-17)4-3-12-20-18(23)21-16-9-13-24-19(14-16)10-1-2-11-19/h5-8,16,22H,1-4,9-14H2,(H2,20,21,23). The smallest absolute Gasteiger partial charge is 0.315 e. The van der Waals surface area contributed by atoms with Gasteiger partial charge < -0.3 is 20.5 Å². The van der Waals surface area contributed by atoms with Crippen LogP contribution >= 0.6 is 0 Å². The van der Waals surface area contributed by atoms with Crippen LogP contribution in [0, 0.1) is 0 Å². The van der Waals surface area contributed by atoms with Gasteiger partial charge in [-0.25, -0.2) is 4.79 Å². The molecule has 1 heterocycles. The number of rotatable bonds is 5. The average molecular weight is 332 g/mol. The molecule has 2 amide bonds. The number of carbonyl (C=O) groups is 1. The molecular formula is C19H28N2O3. The van der Waals surface area contributed by atoms with Crippen LogP contribution in [0.2, 0.25) is 0 Å². The molecule has 1 aromatic rings. The van der Waals surface area contributed by atoms with E-state index < -0.39 is 0 Å². The molecular weight excluding hydrogens is 304 g/mol. The van der Waals surface area contributed by atoms with Crippen LogP contribution < -0.4 is 10.6 Å². The summed E-state index contributed by atoms with van der Waals surface area (Å²) in [6.45, 7) is 1.41. The van der Waals surface area contributed by atoms with E-state index in [1.54, 1.807) is 12.1 Å². The second-order valence-electron chi connectivity index (χ2n) is 7.10. The maximum atomic E-state index is 12.1. The molecule has 1 aliphatic carbocycles. The number of phenolic OH excluding ortho intramolecular Hbond substituents is 1. The second kappa shape index (κ2) is 7.88. The fraction of sp³-hybridized carbons (Fsp3) is 0.632. The Morgan fingerprint density at radius 1 is 1.25 bits per heavy atom. The van der Waals surface area contributed by atoms with E-state index in [2.05, 4.69) is 10.6 Å². The molecule has 132 valence electrons. The zero-order valence-electron chi connectivity index (χ0n) is 14.2. The van der Waals surface area contributed by atoms with Crippen LogP contribution in [0.3, 0.4) is 0 Å². The Kier molecular flexibility index (Phi) is 5.61. The highest BCUT2D eigenvalue weighted by atomic mass is 16.5. The van der Waals surface area contributed by atoms with Gasteiger partial charge in [-0.3, -0.25) is 0 Å². The molecule has 3 N–H and O–H groups in total. The highest BCUT2D eigenvalue weighted by Gasteiger charge is 2.40. The molecule has 2 fully saturated rings. The molecule has 0 radical (unpaired) electrons. The highest BCUT2D eigenvalue weighted by Crippen LogP contribution is 2.39. The van der Waals surface area contributed by atoms with Crippen molar-refractivity contribution in [1.29, 1.82) is 0 Å². The lowest BCUT2D eigenvalue weighted by molar-refractivity contribution is -0.0820. The Balaban J connectivity index is 1.34. The van der Waals surface area contributed by atoms with E-state index in [0.29, 0.717) is 6.54 Å². The zero-order chi connectivity index (χ0) is 16.8. The zero-order valence-corrected chi connectivity index (χ0v) is 14.2. The molecule has 24 heavy (non-hydrogen) atoms. The minimum Gasteiger partial charge on any atom is -0.508 e. The van der Waals surface area contributed by atoms with Crippen LogP contribution in [0.15, 0.2) is 24.3 Å². The number of nitrogens with one attached hydrogen (secondary N) is 2. The molecule has 2 aliphatic rings. The van der Waals surface area contributed by atoms with Crippen LogP contribution in [0.25, 0.3) is 0 Å². The van der Waals surface area contributed by atoms with Gasteiger partial charge in [0.1, 0.15) is 5.75 Å². The van der Waals surface area contributed by atoms with Crippen LogP contribution in [-0.2, 0) is 11.2 Å². The van der Waals surface area contributed by atoms with E-state index in [1.807, 2.05) is 12.1 Å². The lowest BCUT2D eigenvalue weighted by atomic mass is 9.89. The Bertz CT molecular complexity index is 538. The Morgan fingerprint density at radius 2 is 2.00 bits per heavy atom. The largest absolute Gasteiger partial charge is 0.508 e. The lowest BCUT2D eigenvalue weighted by Gasteiger charge is -2.38. The number of phenols is 1. The average Bonchev–Trinajstić information content (AvgIpc) is 3.01. The summed E-state index contributed by atoms with van der Waals surface area (Å²) in [5, 5.41) is 15.3. The van der Waals surface area contributed by atoms with Crippen molar-refractivity contribution in [1.82, 2.24) is 10.6 Å². The van der Waals surface area contributed by atoms with Gasteiger partial charge in [0.05, 0.1) is 5.60 Å². The maximum Gasteiger partial charge on any atom is 0.315 e. The van der Waals surface area contributed by atoms with E-state index in [0.717, 1.165) is 45.1 Å². The summed E-state index contributed by atoms with van der Waals surface area (Å²) >= 11 is 0. The fourth-order valence-electron chi connectivity index (χ4n) is 3.91. The summed E-state index contributed by atoms with van der Waals surface area (Å²) in [5.74, 6) is 0.285. The van der Waals surface area contributed by atoms with Crippen molar-refractivity contribution in [3.05, 3.63) is 29.8 Å². The minimum absolute atomic E-state index is 0.0368. The van der Waals surface area contributed by atoms with Gasteiger partial charge in [0.15, 0.2) is 0 Å². The highest BCUT2D eigenvalue weighted by molar-refractivity contribution is 5.74. The van der Waals surface area contributed by atoms with Gasteiger partial charge in [0, 0.05) is 19.2 Å². The first-order valence-electron chi connectivity index (χ1n) is 9.11. The third-order valence-corrected chi connectivity index (χ3v) is 5.21. The number of benzene rings is 1. The summed E-state index contributed by atoms with van der Waals surface area (Å²) in [6.07, 6.45) is 8.40. The van der Waals surface area contributed by atoms with Gasteiger partial charge in [-0.1, -0.05) is 25.0 Å².